The molecule has 4 nitrogen and oxygen atoms in total. The number of rotatable bonds is 5. The van der Waals surface area contributed by atoms with Gasteiger partial charge in [0.1, 0.15) is 5.37 Å². The molecule has 4 rings (SSSR count). The highest BCUT2D eigenvalue weighted by atomic mass is 32.2. The lowest BCUT2D eigenvalue weighted by atomic mass is 10.1. The molecular weight excluding hydrogens is 380 g/mol. The molecule has 0 unspecified atom stereocenters. The summed E-state index contributed by atoms with van der Waals surface area (Å²) in [5.74, 6) is 0.397. The summed E-state index contributed by atoms with van der Waals surface area (Å²) >= 11 is 1.60. The molecule has 1 atom stereocenters. The molecule has 1 saturated heterocycles. The van der Waals surface area contributed by atoms with E-state index < -0.39 is 0 Å². The molecule has 1 aliphatic rings. The molecule has 0 aromatic heterocycles. The number of nitrogens with zero attached hydrogens (tertiary/aromatic N) is 1. The molecule has 3 aromatic rings. The van der Waals surface area contributed by atoms with Gasteiger partial charge in [0.25, 0.3) is 5.91 Å². The predicted molar refractivity (Wildman–Crippen MR) is 119 cm³/mol. The molecule has 1 fully saturated rings. The monoisotopic (exact) mass is 402 g/mol. The van der Waals surface area contributed by atoms with Gasteiger partial charge < -0.3 is 5.32 Å². The van der Waals surface area contributed by atoms with Crippen molar-refractivity contribution in [3.05, 3.63) is 95.6 Å². The highest BCUT2D eigenvalue weighted by molar-refractivity contribution is 8.00. The number of aryl methyl sites for hydroxylation is 1. The third-order valence-corrected chi connectivity index (χ3v) is 6.17. The minimum atomic E-state index is -0.148. The van der Waals surface area contributed by atoms with E-state index in [0.717, 1.165) is 23.4 Å². The van der Waals surface area contributed by atoms with Gasteiger partial charge >= 0.3 is 0 Å². The summed E-state index contributed by atoms with van der Waals surface area (Å²) in [7, 11) is 0. The first kappa shape index (κ1) is 19.3. The Morgan fingerprint density at radius 3 is 2.52 bits per heavy atom. The Morgan fingerprint density at radius 1 is 1.03 bits per heavy atom. The maximum Gasteiger partial charge on any atom is 0.255 e. The topological polar surface area (TPSA) is 49.4 Å². The molecule has 5 heteroatoms. The largest absolute Gasteiger partial charge is 0.322 e. The molecule has 1 heterocycles. The number of carbonyl (C=O) groups is 2. The van der Waals surface area contributed by atoms with Crippen molar-refractivity contribution in [3.8, 4) is 0 Å². The van der Waals surface area contributed by atoms with Gasteiger partial charge in [0, 0.05) is 16.9 Å². The Kier molecular flexibility index (Phi) is 5.67. The average Bonchev–Trinajstić information content (AvgIpc) is 3.16. The first-order valence-electron chi connectivity index (χ1n) is 9.64. The molecular formula is C24H22N2O2S. The number of amides is 2. The van der Waals surface area contributed by atoms with Crippen LogP contribution in [0.4, 0.5) is 11.4 Å². The van der Waals surface area contributed by atoms with E-state index in [1.165, 1.54) is 5.56 Å². The van der Waals surface area contributed by atoms with E-state index in [1.54, 1.807) is 23.9 Å². The van der Waals surface area contributed by atoms with Crippen molar-refractivity contribution in [3.63, 3.8) is 0 Å². The second kappa shape index (κ2) is 8.53. The summed E-state index contributed by atoms with van der Waals surface area (Å²) in [4.78, 5) is 26.9. The highest BCUT2D eigenvalue weighted by Gasteiger charge is 2.34. The van der Waals surface area contributed by atoms with Gasteiger partial charge in [0.2, 0.25) is 5.91 Å². The van der Waals surface area contributed by atoms with Crippen LogP contribution >= 0.6 is 11.8 Å². The van der Waals surface area contributed by atoms with Crippen molar-refractivity contribution in [1.82, 2.24) is 0 Å². The van der Waals surface area contributed by atoms with Gasteiger partial charge in [-0.25, -0.2) is 0 Å². The van der Waals surface area contributed by atoms with Crippen LogP contribution in [-0.4, -0.2) is 17.6 Å². The van der Waals surface area contributed by atoms with E-state index in [9.17, 15) is 9.59 Å². The summed E-state index contributed by atoms with van der Waals surface area (Å²) in [6.07, 6.45) is 0.968. The van der Waals surface area contributed by atoms with Gasteiger partial charge in [-0.05, 0) is 53.9 Å². The van der Waals surface area contributed by atoms with Crippen molar-refractivity contribution in [2.75, 3.05) is 16.0 Å². The fraction of sp³-hybridized carbons (Fsp3) is 0.167. The Bertz CT molecular complexity index is 1020. The summed E-state index contributed by atoms with van der Waals surface area (Å²) in [6.45, 7) is 2.11. The predicted octanol–water partition coefficient (Wildman–Crippen LogP) is 5.28. The first-order valence-corrected chi connectivity index (χ1v) is 10.7. The van der Waals surface area contributed by atoms with Gasteiger partial charge in [-0.15, -0.1) is 11.8 Å². The van der Waals surface area contributed by atoms with E-state index in [4.69, 9.17) is 0 Å². The lowest BCUT2D eigenvalue weighted by molar-refractivity contribution is -0.115. The molecule has 0 aliphatic carbocycles. The van der Waals surface area contributed by atoms with E-state index in [1.807, 2.05) is 59.5 Å². The Labute approximate surface area is 174 Å². The zero-order valence-electron chi connectivity index (χ0n) is 16.2. The van der Waals surface area contributed by atoms with Crippen LogP contribution in [0.1, 0.15) is 33.8 Å². The maximum absolute atomic E-state index is 12.6. The fourth-order valence-corrected chi connectivity index (χ4v) is 4.57. The van der Waals surface area contributed by atoms with Gasteiger partial charge in [-0.3, -0.25) is 14.5 Å². The van der Waals surface area contributed by atoms with Crippen molar-refractivity contribution in [2.24, 2.45) is 0 Å². The van der Waals surface area contributed by atoms with Crippen LogP contribution in [0.5, 0.6) is 0 Å². The van der Waals surface area contributed by atoms with Crippen LogP contribution in [0.2, 0.25) is 0 Å². The minimum Gasteiger partial charge on any atom is -0.322 e. The molecule has 146 valence electrons. The molecule has 2 amide bonds. The second-order valence-electron chi connectivity index (χ2n) is 6.89. The Morgan fingerprint density at radius 2 is 1.79 bits per heavy atom. The van der Waals surface area contributed by atoms with Crippen molar-refractivity contribution < 1.29 is 9.59 Å². The summed E-state index contributed by atoms with van der Waals surface area (Å²) in [5.41, 5.74) is 4.47. The summed E-state index contributed by atoms with van der Waals surface area (Å²) < 4.78 is 0. The number of hydrogen-bond acceptors (Lipinski definition) is 3. The van der Waals surface area contributed by atoms with Crippen LogP contribution < -0.4 is 10.2 Å². The molecule has 1 N–H and O–H groups in total. The Balaban J connectivity index is 1.57. The van der Waals surface area contributed by atoms with E-state index in [2.05, 4.69) is 24.4 Å². The fourth-order valence-electron chi connectivity index (χ4n) is 3.40. The maximum atomic E-state index is 12.6. The lowest BCUT2D eigenvalue weighted by Crippen LogP contribution is -2.27. The highest BCUT2D eigenvalue weighted by Crippen LogP contribution is 2.42. The van der Waals surface area contributed by atoms with Crippen molar-refractivity contribution >= 4 is 35.0 Å². The van der Waals surface area contributed by atoms with Gasteiger partial charge in [-0.2, -0.15) is 0 Å². The van der Waals surface area contributed by atoms with Gasteiger partial charge in [0.15, 0.2) is 0 Å². The van der Waals surface area contributed by atoms with E-state index in [-0.39, 0.29) is 17.2 Å². The standard InChI is InChI=1S/C24H22N2O2S/c1-2-17-11-13-21(14-12-17)26-22(27)16-29-24(26)19-9-6-10-20(15-19)25-23(28)18-7-4-3-5-8-18/h3-15,24H,2,16H2,1H3,(H,25,28)/t24-/m1/s1. The number of hydrogen-bond donors (Lipinski definition) is 1. The van der Waals surface area contributed by atoms with Crippen molar-refractivity contribution in [2.45, 2.75) is 18.7 Å². The number of anilines is 2. The van der Waals surface area contributed by atoms with Crippen molar-refractivity contribution in [1.29, 1.82) is 0 Å². The van der Waals surface area contributed by atoms with Crippen LogP contribution in [-0.2, 0) is 11.2 Å². The van der Waals surface area contributed by atoms with E-state index in [0.29, 0.717) is 11.3 Å². The zero-order chi connectivity index (χ0) is 20.2. The van der Waals surface area contributed by atoms with E-state index >= 15 is 0 Å². The molecule has 0 saturated carbocycles. The molecule has 0 spiro atoms. The Hall–Kier alpha value is -3.05. The second-order valence-corrected chi connectivity index (χ2v) is 7.96. The molecule has 0 radical (unpaired) electrons. The summed E-state index contributed by atoms with van der Waals surface area (Å²) in [5, 5.41) is 2.84. The lowest BCUT2D eigenvalue weighted by Gasteiger charge is -2.25. The van der Waals surface area contributed by atoms with Gasteiger partial charge in [-0.1, -0.05) is 49.4 Å². The SMILES string of the molecule is CCc1ccc(N2C(=O)CS[C@@H]2c2cccc(NC(=O)c3ccccc3)c2)cc1. The zero-order valence-corrected chi connectivity index (χ0v) is 17.0. The van der Waals surface area contributed by atoms with Gasteiger partial charge in [0.05, 0.1) is 5.75 Å². The summed E-state index contributed by atoms with van der Waals surface area (Å²) in [6, 6.07) is 25.0. The quantitative estimate of drug-likeness (QED) is 0.632. The molecule has 29 heavy (non-hydrogen) atoms. The molecule has 1 aliphatic heterocycles. The number of nitrogens with one attached hydrogen (secondary N) is 1. The molecule has 3 aromatic carbocycles. The number of carbonyl (C=O) groups excluding carboxylic acids is 2. The third-order valence-electron chi connectivity index (χ3n) is 4.96. The minimum absolute atomic E-state index is 0.1000. The van der Waals surface area contributed by atoms with Crippen LogP contribution in [0, 0.1) is 0 Å². The van der Waals surface area contributed by atoms with Crippen LogP contribution in [0.15, 0.2) is 78.9 Å². The molecule has 0 bridgehead atoms. The smallest absolute Gasteiger partial charge is 0.255 e. The number of thioether (sulfide) groups is 1. The third kappa shape index (κ3) is 4.20. The first-order chi connectivity index (χ1) is 14.2. The van der Waals surface area contributed by atoms with Crippen LogP contribution in [0.25, 0.3) is 0 Å². The number of benzene rings is 3. The van der Waals surface area contributed by atoms with Crippen LogP contribution in [0.3, 0.4) is 0 Å². The normalized spacial score (nSPS) is 16.1. The average molecular weight is 403 g/mol.